The lowest BCUT2D eigenvalue weighted by Crippen LogP contribution is -2.33. The number of carbonyl (C=O) groups is 1. The molecule has 0 unspecified atom stereocenters. The van der Waals surface area contributed by atoms with Crippen LogP contribution in [0.25, 0.3) is 5.69 Å². The van der Waals surface area contributed by atoms with Crippen molar-refractivity contribution in [1.82, 2.24) is 15.1 Å². The minimum absolute atomic E-state index is 0.123. The molecule has 0 fully saturated rings. The summed E-state index contributed by atoms with van der Waals surface area (Å²) in [6.45, 7) is -1.53. The van der Waals surface area contributed by atoms with Crippen molar-refractivity contribution in [2.45, 2.75) is 11.1 Å². The van der Waals surface area contributed by atoms with Gasteiger partial charge in [0.15, 0.2) is 0 Å². The molecule has 30 heavy (non-hydrogen) atoms. The van der Waals surface area contributed by atoms with Crippen LogP contribution in [0.4, 0.5) is 18.9 Å². The van der Waals surface area contributed by atoms with Crippen LogP contribution in [0.2, 0.25) is 5.02 Å². The van der Waals surface area contributed by atoms with E-state index in [-0.39, 0.29) is 21.2 Å². The van der Waals surface area contributed by atoms with Crippen molar-refractivity contribution in [3.63, 3.8) is 0 Å². The number of sulfonamides is 1. The van der Waals surface area contributed by atoms with Gasteiger partial charge in [-0.05, 0) is 42.5 Å². The highest BCUT2D eigenvalue weighted by atomic mass is 35.5. The maximum Gasteiger partial charge on any atom is 0.405 e. The van der Waals surface area contributed by atoms with E-state index < -0.39 is 28.7 Å². The topological polar surface area (TPSA) is 93.1 Å². The molecule has 0 spiro atoms. The Morgan fingerprint density at radius 3 is 2.57 bits per heavy atom. The summed E-state index contributed by atoms with van der Waals surface area (Å²) in [5, 5.41) is 6.01. The van der Waals surface area contributed by atoms with E-state index in [0.717, 1.165) is 6.07 Å². The lowest BCUT2D eigenvalue weighted by atomic mass is 10.2. The SMILES string of the molecule is O=C(NCC(F)(F)F)c1cccc(S(=O)(=O)Nc2cc(Cl)ccc2-n2cccn2)c1. The number of benzene rings is 2. The van der Waals surface area contributed by atoms with Crippen molar-refractivity contribution < 1.29 is 26.4 Å². The number of anilines is 1. The van der Waals surface area contributed by atoms with E-state index in [9.17, 15) is 26.4 Å². The first kappa shape index (κ1) is 21.7. The largest absolute Gasteiger partial charge is 0.405 e. The zero-order valence-electron chi connectivity index (χ0n) is 15.0. The van der Waals surface area contributed by atoms with Gasteiger partial charge in [0.1, 0.15) is 6.54 Å². The van der Waals surface area contributed by atoms with E-state index >= 15 is 0 Å². The second-order valence-corrected chi connectivity index (χ2v) is 8.16. The Kier molecular flexibility index (Phi) is 6.04. The molecule has 12 heteroatoms. The number of hydrogen-bond donors (Lipinski definition) is 2. The number of amides is 1. The molecule has 7 nitrogen and oxygen atoms in total. The third-order valence-electron chi connectivity index (χ3n) is 3.81. The Hall–Kier alpha value is -3.05. The molecule has 1 aromatic heterocycles. The van der Waals surface area contributed by atoms with E-state index in [2.05, 4.69) is 9.82 Å². The van der Waals surface area contributed by atoms with Gasteiger partial charge in [0.25, 0.3) is 15.9 Å². The van der Waals surface area contributed by atoms with Crippen LogP contribution in [-0.2, 0) is 10.0 Å². The first-order valence-electron chi connectivity index (χ1n) is 8.32. The van der Waals surface area contributed by atoms with Gasteiger partial charge in [-0.3, -0.25) is 9.52 Å². The smallest absolute Gasteiger partial charge is 0.343 e. The average molecular weight is 459 g/mol. The third kappa shape index (κ3) is 5.30. The van der Waals surface area contributed by atoms with Crippen molar-refractivity contribution in [3.05, 3.63) is 71.5 Å². The van der Waals surface area contributed by atoms with E-state index in [1.165, 1.54) is 35.1 Å². The summed E-state index contributed by atoms with van der Waals surface area (Å²) in [6, 6.07) is 10.8. The molecule has 158 valence electrons. The maximum atomic E-state index is 12.8. The van der Waals surface area contributed by atoms with Crippen molar-refractivity contribution in [2.24, 2.45) is 0 Å². The number of aromatic nitrogens is 2. The number of hydrogen-bond acceptors (Lipinski definition) is 4. The van der Waals surface area contributed by atoms with E-state index in [0.29, 0.717) is 5.69 Å². The van der Waals surface area contributed by atoms with Gasteiger partial charge in [-0.2, -0.15) is 18.3 Å². The van der Waals surface area contributed by atoms with Crippen LogP contribution in [0.15, 0.2) is 65.8 Å². The van der Waals surface area contributed by atoms with Crippen LogP contribution in [-0.4, -0.2) is 36.8 Å². The molecule has 2 aromatic carbocycles. The zero-order valence-corrected chi connectivity index (χ0v) is 16.6. The van der Waals surface area contributed by atoms with Gasteiger partial charge >= 0.3 is 6.18 Å². The van der Waals surface area contributed by atoms with Crippen LogP contribution in [0.5, 0.6) is 0 Å². The molecule has 0 saturated heterocycles. The summed E-state index contributed by atoms with van der Waals surface area (Å²) in [6.07, 6.45) is -1.47. The van der Waals surface area contributed by atoms with Crippen LogP contribution < -0.4 is 10.0 Å². The van der Waals surface area contributed by atoms with Gasteiger partial charge < -0.3 is 5.32 Å². The van der Waals surface area contributed by atoms with Gasteiger partial charge in [0, 0.05) is 23.0 Å². The molecule has 0 radical (unpaired) electrons. The highest BCUT2D eigenvalue weighted by Crippen LogP contribution is 2.27. The summed E-state index contributed by atoms with van der Waals surface area (Å²) < 4.78 is 66.3. The number of nitrogens with one attached hydrogen (secondary N) is 2. The molecule has 1 amide bonds. The molecule has 0 atom stereocenters. The second kappa shape index (κ2) is 8.36. The first-order chi connectivity index (χ1) is 14.0. The maximum absolute atomic E-state index is 12.8. The number of halogens is 4. The minimum atomic E-state index is -4.59. The number of alkyl halides is 3. The van der Waals surface area contributed by atoms with Gasteiger partial charge in [-0.25, -0.2) is 13.1 Å². The quantitative estimate of drug-likeness (QED) is 0.590. The molecule has 0 aliphatic heterocycles. The van der Waals surface area contributed by atoms with E-state index in [4.69, 9.17) is 11.6 Å². The van der Waals surface area contributed by atoms with Gasteiger partial charge in [0.2, 0.25) is 0 Å². The molecular formula is C18H14ClF3N4O3S. The summed E-state index contributed by atoms with van der Waals surface area (Å²) in [5.41, 5.74) is 0.283. The lowest BCUT2D eigenvalue weighted by Gasteiger charge is -2.14. The van der Waals surface area contributed by atoms with Crippen molar-refractivity contribution in [2.75, 3.05) is 11.3 Å². The standard InChI is InChI=1S/C18H14ClF3N4O3S/c19-13-5-6-16(26-8-2-7-24-26)15(10-13)25-30(28,29)14-4-1-3-12(9-14)17(27)23-11-18(20,21)22/h1-10,25H,11H2,(H,23,27). The molecule has 0 saturated carbocycles. The molecule has 0 aliphatic rings. The lowest BCUT2D eigenvalue weighted by molar-refractivity contribution is -0.123. The zero-order chi connectivity index (χ0) is 21.9. The highest BCUT2D eigenvalue weighted by Gasteiger charge is 2.28. The summed E-state index contributed by atoms with van der Waals surface area (Å²) in [7, 11) is -4.20. The molecule has 1 heterocycles. The Morgan fingerprint density at radius 2 is 1.90 bits per heavy atom. The predicted octanol–water partition coefficient (Wildman–Crippen LogP) is 3.62. The molecular weight excluding hydrogens is 445 g/mol. The van der Waals surface area contributed by atoms with Crippen molar-refractivity contribution in [3.8, 4) is 5.69 Å². The number of carbonyl (C=O) groups excluding carboxylic acids is 1. The number of rotatable bonds is 6. The minimum Gasteiger partial charge on any atom is -0.343 e. The third-order valence-corrected chi connectivity index (χ3v) is 5.41. The van der Waals surface area contributed by atoms with E-state index in [1.807, 2.05) is 0 Å². The van der Waals surface area contributed by atoms with Gasteiger partial charge in [0.05, 0.1) is 16.3 Å². The molecule has 3 rings (SSSR count). The fourth-order valence-corrected chi connectivity index (χ4v) is 3.77. The van der Waals surface area contributed by atoms with Crippen LogP contribution >= 0.6 is 11.6 Å². The Bertz CT molecular complexity index is 1170. The predicted molar refractivity (Wildman–Crippen MR) is 104 cm³/mol. The van der Waals surface area contributed by atoms with Gasteiger partial charge in [-0.1, -0.05) is 17.7 Å². The van der Waals surface area contributed by atoms with E-state index in [1.54, 1.807) is 29.7 Å². The van der Waals surface area contributed by atoms with Crippen LogP contribution in [0, 0.1) is 0 Å². The fourth-order valence-electron chi connectivity index (χ4n) is 2.49. The van der Waals surface area contributed by atoms with Crippen LogP contribution in [0.3, 0.4) is 0 Å². The molecule has 0 bridgehead atoms. The van der Waals surface area contributed by atoms with Crippen LogP contribution in [0.1, 0.15) is 10.4 Å². The summed E-state index contributed by atoms with van der Waals surface area (Å²) >= 11 is 5.98. The number of nitrogens with zero attached hydrogens (tertiary/aromatic N) is 2. The Morgan fingerprint density at radius 1 is 1.13 bits per heavy atom. The Balaban J connectivity index is 1.89. The normalized spacial score (nSPS) is 11.9. The summed E-state index contributed by atoms with van der Waals surface area (Å²) in [5.74, 6) is -1.05. The highest BCUT2D eigenvalue weighted by molar-refractivity contribution is 7.92. The molecule has 3 aromatic rings. The molecule has 0 aliphatic carbocycles. The van der Waals surface area contributed by atoms with Gasteiger partial charge in [-0.15, -0.1) is 0 Å². The second-order valence-electron chi connectivity index (χ2n) is 6.04. The van der Waals surface area contributed by atoms with Crippen molar-refractivity contribution in [1.29, 1.82) is 0 Å². The fraction of sp³-hybridized carbons (Fsp3) is 0.111. The first-order valence-corrected chi connectivity index (χ1v) is 10.2. The van der Waals surface area contributed by atoms with Crippen molar-refractivity contribution >= 4 is 33.2 Å². The average Bonchev–Trinajstić information content (AvgIpc) is 3.20. The summed E-state index contributed by atoms with van der Waals surface area (Å²) in [4.78, 5) is 11.6. The Labute approximate surface area is 174 Å². The molecule has 2 N–H and O–H groups in total. The monoisotopic (exact) mass is 458 g/mol.